The van der Waals surface area contributed by atoms with Gasteiger partial charge in [-0.25, -0.2) is 0 Å². The molecule has 0 aliphatic heterocycles. The molecule has 0 radical (unpaired) electrons. The van der Waals surface area contributed by atoms with Crippen molar-refractivity contribution in [2.75, 3.05) is 6.26 Å². The molecule has 0 atom stereocenters. The number of hydrogen-bond acceptors (Lipinski definition) is 7. The Hall–Kier alpha value is -2.30. The van der Waals surface area contributed by atoms with Crippen LogP contribution in [0, 0.1) is 0 Å². The van der Waals surface area contributed by atoms with Gasteiger partial charge in [0.1, 0.15) is 5.75 Å². The molecule has 0 unspecified atom stereocenters. The minimum atomic E-state index is -4.79. The third-order valence-corrected chi connectivity index (χ3v) is 2.42. The van der Waals surface area contributed by atoms with Crippen molar-refractivity contribution < 1.29 is 35.0 Å². The van der Waals surface area contributed by atoms with Crippen LogP contribution in [0.5, 0.6) is 11.8 Å². The van der Waals surface area contributed by atoms with E-state index in [-0.39, 0.29) is 11.4 Å². The Labute approximate surface area is 116 Å². The van der Waals surface area contributed by atoms with Crippen molar-refractivity contribution in [1.82, 2.24) is 10.1 Å². The highest BCUT2D eigenvalue weighted by molar-refractivity contribution is 7.86. The van der Waals surface area contributed by atoms with E-state index in [0.29, 0.717) is 0 Å². The van der Waals surface area contributed by atoms with Crippen molar-refractivity contribution >= 4 is 10.1 Å². The fourth-order valence-electron chi connectivity index (χ4n) is 1.30. The zero-order valence-corrected chi connectivity index (χ0v) is 11.1. The van der Waals surface area contributed by atoms with Crippen LogP contribution in [-0.2, 0) is 10.1 Å². The Morgan fingerprint density at radius 3 is 2.33 bits per heavy atom. The normalized spacial score (nSPS) is 12.2. The lowest BCUT2D eigenvalue weighted by Crippen LogP contribution is -2.16. The summed E-state index contributed by atoms with van der Waals surface area (Å²) in [6.07, 6.45) is -4.59. The molecule has 0 bridgehead atoms. The number of nitrogens with zero attached hydrogens (tertiary/aromatic N) is 2. The lowest BCUT2D eigenvalue weighted by molar-refractivity contribution is -0.274. The van der Waals surface area contributed by atoms with Crippen molar-refractivity contribution in [3.8, 4) is 23.2 Å². The van der Waals surface area contributed by atoms with Crippen LogP contribution in [0.4, 0.5) is 13.2 Å². The number of hydrogen-bond donors (Lipinski definition) is 0. The van der Waals surface area contributed by atoms with Crippen LogP contribution in [0.15, 0.2) is 28.8 Å². The van der Waals surface area contributed by atoms with E-state index in [0.717, 1.165) is 18.4 Å². The second kappa shape index (κ2) is 5.24. The van der Waals surface area contributed by atoms with E-state index >= 15 is 0 Å². The molecule has 0 fully saturated rings. The molecular formula is C10H7F3N2O5S. The maximum Gasteiger partial charge on any atom is 0.573 e. The lowest BCUT2D eigenvalue weighted by atomic mass is 10.2. The van der Waals surface area contributed by atoms with Gasteiger partial charge >= 0.3 is 22.6 Å². The summed E-state index contributed by atoms with van der Waals surface area (Å²) >= 11 is 0. The average Bonchev–Trinajstić information content (AvgIpc) is 2.74. The van der Waals surface area contributed by atoms with Crippen molar-refractivity contribution in [1.29, 1.82) is 0 Å². The zero-order chi connectivity index (χ0) is 15.7. The molecule has 0 amide bonds. The van der Waals surface area contributed by atoms with Gasteiger partial charge in [0.05, 0.1) is 6.26 Å². The van der Waals surface area contributed by atoms with Crippen LogP contribution in [0.25, 0.3) is 11.4 Å². The van der Waals surface area contributed by atoms with Crippen LogP contribution in [0.3, 0.4) is 0 Å². The van der Waals surface area contributed by atoms with E-state index in [1.54, 1.807) is 0 Å². The quantitative estimate of drug-likeness (QED) is 0.794. The average molecular weight is 324 g/mol. The molecule has 0 aliphatic carbocycles. The molecule has 2 rings (SSSR count). The van der Waals surface area contributed by atoms with Crippen molar-refractivity contribution in [2.45, 2.75) is 6.36 Å². The Kier molecular flexibility index (Phi) is 3.77. The van der Waals surface area contributed by atoms with Crippen molar-refractivity contribution in [3.05, 3.63) is 24.3 Å². The first-order valence-corrected chi connectivity index (χ1v) is 7.03. The van der Waals surface area contributed by atoms with E-state index in [9.17, 15) is 21.6 Å². The summed E-state index contributed by atoms with van der Waals surface area (Å²) in [4.78, 5) is 3.63. The molecule has 1 aromatic heterocycles. The van der Waals surface area contributed by atoms with E-state index in [4.69, 9.17) is 0 Å². The van der Waals surface area contributed by atoms with Gasteiger partial charge in [-0.2, -0.15) is 13.4 Å². The number of rotatable bonds is 4. The second-order valence-corrected chi connectivity index (χ2v) is 5.32. The van der Waals surface area contributed by atoms with E-state index in [2.05, 4.69) is 23.6 Å². The van der Waals surface area contributed by atoms with Gasteiger partial charge in [-0.15, -0.1) is 13.2 Å². The van der Waals surface area contributed by atoms with Crippen LogP contribution >= 0.6 is 0 Å². The number of ether oxygens (including phenoxy) is 1. The van der Waals surface area contributed by atoms with Crippen molar-refractivity contribution in [2.24, 2.45) is 0 Å². The first-order valence-electron chi connectivity index (χ1n) is 5.22. The zero-order valence-electron chi connectivity index (χ0n) is 10.3. The molecule has 1 aromatic carbocycles. The van der Waals surface area contributed by atoms with Crippen LogP contribution in [0.1, 0.15) is 0 Å². The monoisotopic (exact) mass is 324 g/mol. The molecule has 0 saturated heterocycles. The molecule has 1 heterocycles. The minimum Gasteiger partial charge on any atom is -0.406 e. The largest absolute Gasteiger partial charge is 0.573 e. The third kappa shape index (κ3) is 4.63. The summed E-state index contributed by atoms with van der Waals surface area (Å²) in [5.74, 6) is -0.463. The molecule has 11 heteroatoms. The smallest absolute Gasteiger partial charge is 0.406 e. The fourth-order valence-corrected chi connectivity index (χ4v) is 1.62. The Bertz CT molecular complexity index is 724. The Morgan fingerprint density at radius 1 is 1.19 bits per heavy atom. The number of alkyl halides is 3. The highest BCUT2D eigenvalue weighted by atomic mass is 32.2. The number of benzene rings is 1. The minimum absolute atomic E-state index is 0.0489. The van der Waals surface area contributed by atoms with Gasteiger partial charge in [-0.1, -0.05) is 5.16 Å². The van der Waals surface area contributed by atoms with E-state index in [1.165, 1.54) is 12.1 Å². The highest BCUT2D eigenvalue weighted by Gasteiger charge is 2.31. The van der Waals surface area contributed by atoms with E-state index in [1.807, 2.05) is 0 Å². The van der Waals surface area contributed by atoms with Crippen LogP contribution in [0.2, 0.25) is 0 Å². The topological polar surface area (TPSA) is 91.5 Å². The molecule has 2 aromatic rings. The predicted octanol–water partition coefficient (Wildman–Crippen LogP) is 1.97. The third-order valence-electron chi connectivity index (χ3n) is 1.98. The lowest BCUT2D eigenvalue weighted by Gasteiger charge is -2.08. The SMILES string of the molecule is CS(=O)(=O)Oc1nc(-c2ccc(OC(F)(F)F)cc2)no1. The predicted molar refractivity (Wildman–Crippen MR) is 61.9 cm³/mol. The summed E-state index contributed by atoms with van der Waals surface area (Å²) < 4.78 is 70.3. The van der Waals surface area contributed by atoms with Gasteiger partial charge < -0.3 is 8.92 Å². The van der Waals surface area contributed by atoms with Crippen molar-refractivity contribution in [3.63, 3.8) is 0 Å². The molecule has 114 valence electrons. The molecule has 0 N–H and O–H groups in total. The van der Waals surface area contributed by atoms with Gasteiger partial charge in [0.2, 0.25) is 5.82 Å². The van der Waals surface area contributed by atoms with Gasteiger partial charge in [0, 0.05) is 5.56 Å². The van der Waals surface area contributed by atoms with Gasteiger partial charge in [-0.3, -0.25) is 4.52 Å². The summed E-state index contributed by atoms with van der Waals surface area (Å²) in [5, 5.41) is 3.44. The standard InChI is InChI=1S/C10H7F3N2O5S/c1-21(16,17)20-9-14-8(15-19-9)6-2-4-7(5-3-6)18-10(11,12)13/h2-5H,1H3. The van der Waals surface area contributed by atoms with Gasteiger partial charge in [0.15, 0.2) is 0 Å². The van der Waals surface area contributed by atoms with E-state index < -0.39 is 28.3 Å². The first-order chi connectivity index (χ1) is 9.62. The number of aromatic nitrogens is 2. The number of halogens is 3. The molecule has 0 aliphatic rings. The Morgan fingerprint density at radius 2 is 1.81 bits per heavy atom. The summed E-state index contributed by atoms with van der Waals surface area (Å²) in [6, 6.07) is 4.60. The first kappa shape index (κ1) is 15.1. The fraction of sp³-hybridized carbons (Fsp3) is 0.200. The maximum absolute atomic E-state index is 12.0. The van der Waals surface area contributed by atoms with Gasteiger partial charge in [-0.05, 0) is 24.3 Å². The maximum atomic E-state index is 12.0. The summed E-state index contributed by atoms with van der Waals surface area (Å²) in [5.41, 5.74) is 0.289. The molecule has 7 nitrogen and oxygen atoms in total. The molecule has 0 saturated carbocycles. The summed E-state index contributed by atoms with van der Waals surface area (Å²) in [7, 11) is -3.81. The van der Waals surface area contributed by atoms with Gasteiger partial charge in [0.25, 0.3) is 0 Å². The second-order valence-electron chi connectivity index (χ2n) is 3.74. The Balaban J connectivity index is 2.16. The van der Waals surface area contributed by atoms with Crippen LogP contribution < -0.4 is 8.92 Å². The highest BCUT2D eigenvalue weighted by Crippen LogP contribution is 2.26. The molecular weight excluding hydrogens is 317 g/mol. The van der Waals surface area contributed by atoms with Crippen LogP contribution in [-0.4, -0.2) is 31.2 Å². The molecule has 21 heavy (non-hydrogen) atoms. The molecule has 0 spiro atoms. The summed E-state index contributed by atoms with van der Waals surface area (Å²) in [6.45, 7) is 0.